The number of carbonyl (C=O) groups excluding carboxylic acids is 4. The summed E-state index contributed by atoms with van der Waals surface area (Å²) in [6, 6.07) is 4.82. The molecule has 9 nitrogen and oxygen atoms in total. The zero-order valence-corrected chi connectivity index (χ0v) is 18.9. The van der Waals surface area contributed by atoms with Gasteiger partial charge >= 0.3 is 6.43 Å². The van der Waals surface area contributed by atoms with Crippen molar-refractivity contribution in [3.8, 4) is 0 Å². The summed E-state index contributed by atoms with van der Waals surface area (Å²) in [7, 11) is 0. The van der Waals surface area contributed by atoms with Crippen LogP contribution in [-0.2, 0) is 19.1 Å². The second-order valence-electron chi connectivity index (χ2n) is 6.93. The summed E-state index contributed by atoms with van der Waals surface area (Å²) in [6.07, 6.45) is -3.40. The lowest BCUT2D eigenvalue weighted by atomic mass is 10.2. The maximum Gasteiger partial charge on any atom is 0.315 e. The van der Waals surface area contributed by atoms with Gasteiger partial charge in [0.25, 0.3) is 17.7 Å². The van der Waals surface area contributed by atoms with Crippen molar-refractivity contribution >= 4 is 57.9 Å². The van der Waals surface area contributed by atoms with Crippen LogP contribution in [0.3, 0.4) is 0 Å². The van der Waals surface area contributed by atoms with E-state index in [0.717, 1.165) is 17.4 Å². The number of anilines is 2. The lowest BCUT2D eigenvalue weighted by Crippen LogP contribution is -2.52. The summed E-state index contributed by atoms with van der Waals surface area (Å²) < 4.78 is 45.4. The number of hydrogen-bond donors (Lipinski definition) is 3. The summed E-state index contributed by atoms with van der Waals surface area (Å²) >= 11 is 6.73. The van der Waals surface area contributed by atoms with Gasteiger partial charge in [-0.2, -0.15) is 8.78 Å². The highest BCUT2D eigenvalue weighted by Crippen LogP contribution is 2.24. The van der Waals surface area contributed by atoms with Crippen LogP contribution in [0.5, 0.6) is 0 Å². The topological polar surface area (TPSA) is 117 Å². The molecule has 4 amide bonds. The molecule has 0 unspecified atom stereocenters. The number of benzene rings is 1. The van der Waals surface area contributed by atoms with Gasteiger partial charge in [0, 0.05) is 18.8 Å². The van der Waals surface area contributed by atoms with E-state index in [4.69, 9.17) is 16.3 Å². The fourth-order valence-corrected chi connectivity index (χ4v) is 3.93. The zero-order chi connectivity index (χ0) is 24.8. The average molecular weight is 519 g/mol. The predicted octanol–water partition coefficient (Wildman–Crippen LogP) is 2.02. The van der Waals surface area contributed by atoms with E-state index in [9.17, 15) is 32.3 Å². The number of carbonyl (C=O) groups is 4. The minimum Gasteiger partial charge on any atom is -0.370 e. The Bertz CT molecular complexity index is 1100. The molecule has 1 aliphatic heterocycles. The van der Waals surface area contributed by atoms with Crippen molar-refractivity contribution in [2.75, 3.05) is 36.5 Å². The van der Waals surface area contributed by atoms with Gasteiger partial charge in [-0.25, -0.2) is 4.39 Å². The van der Waals surface area contributed by atoms with Crippen LogP contribution in [0.25, 0.3) is 0 Å². The molecular weight excluding hydrogens is 501 g/mol. The number of amides is 4. The van der Waals surface area contributed by atoms with Crippen LogP contribution in [0.1, 0.15) is 9.67 Å². The molecular formula is C20H18ClF3N4O5S. The van der Waals surface area contributed by atoms with Crippen LogP contribution >= 0.6 is 22.9 Å². The molecule has 1 aromatic carbocycles. The third kappa shape index (κ3) is 6.46. The Hall–Kier alpha value is -3.16. The average Bonchev–Trinajstić information content (AvgIpc) is 3.23. The molecule has 0 aliphatic carbocycles. The lowest BCUT2D eigenvalue weighted by molar-refractivity contribution is -0.134. The number of alkyl halides is 2. The van der Waals surface area contributed by atoms with Gasteiger partial charge in [-0.1, -0.05) is 11.6 Å². The number of morpholine rings is 1. The van der Waals surface area contributed by atoms with E-state index in [-0.39, 0.29) is 36.0 Å². The molecule has 1 aromatic heterocycles. The van der Waals surface area contributed by atoms with E-state index in [1.165, 1.54) is 29.2 Å². The molecule has 1 aliphatic rings. The van der Waals surface area contributed by atoms with Crippen molar-refractivity contribution < 1.29 is 37.1 Å². The van der Waals surface area contributed by atoms with Crippen molar-refractivity contribution in [1.82, 2.24) is 10.6 Å². The van der Waals surface area contributed by atoms with Gasteiger partial charge in [0.1, 0.15) is 18.5 Å². The van der Waals surface area contributed by atoms with E-state index < -0.39 is 48.5 Å². The number of rotatable bonds is 8. The summed E-state index contributed by atoms with van der Waals surface area (Å²) in [5.74, 6) is -4.58. The normalized spacial score (nSPS) is 14.6. The first-order chi connectivity index (χ1) is 16.2. The highest BCUT2D eigenvalue weighted by molar-refractivity contribution is 7.18. The van der Waals surface area contributed by atoms with E-state index in [0.29, 0.717) is 4.34 Å². The Morgan fingerprint density at radius 2 is 1.94 bits per heavy atom. The van der Waals surface area contributed by atoms with Crippen molar-refractivity contribution in [3.05, 3.63) is 45.4 Å². The third-order valence-electron chi connectivity index (χ3n) is 4.59. The van der Waals surface area contributed by atoms with E-state index in [1.807, 2.05) is 5.32 Å². The number of thiophene rings is 1. The van der Waals surface area contributed by atoms with Gasteiger partial charge in [0.2, 0.25) is 5.91 Å². The van der Waals surface area contributed by atoms with Crippen molar-refractivity contribution in [3.63, 3.8) is 0 Å². The highest BCUT2D eigenvalue weighted by atomic mass is 35.5. The third-order valence-corrected chi connectivity index (χ3v) is 5.82. The standard InChI is InChI=1S/C20H18ClF3N4O5S/c21-15-4-3-14(34-15)19(31)25-8-12(27-20(32)17(23)24)18(30)26-10-1-2-13(11(22)7-10)28-5-6-33-9-16(28)29/h1-4,7,12,17H,5-6,8-9H2,(H,25,31)(H,26,30)(H,27,32)/t12-/m1/s1. The van der Waals surface area contributed by atoms with Gasteiger partial charge in [0.15, 0.2) is 0 Å². The van der Waals surface area contributed by atoms with Gasteiger partial charge in [-0.05, 0) is 30.3 Å². The second-order valence-corrected chi connectivity index (χ2v) is 8.64. The Morgan fingerprint density at radius 1 is 1.18 bits per heavy atom. The molecule has 0 radical (unpaired) electrons. The number of halogens is 4. The van der Waals surface area contributed by atoms with Crippen LogP contribution < -0.4 is 20.9 Å². The van der Waals surface area contributed by atoms with Crippen LogP contribution in [0.15, 0.2) is 30.3 Å². The Balaban J connectivity index is 1.70. The molecule has 1 saturated heterocycles. The molecule has 1 fully saturated rings. The van der Waals surface area contributed by atoms with Gasteiger partial charge in [-0.15, -0.1) is 11.3 Å². The minimum absolute atomic E-state index is 0.0178. The van der Waals surface area contributed by atoms with Gasteiger partial charge in [0.05, 0.1) is 21.5 Å². The van der Waals surface area contributed by atoms with E-state index in [2.05, 4.69) is 10.6 Å². The molecule has 2 heterocycles. The summed E-state index contributed by atoms with van der Waals surface area (Å²) in [6.45, 7) is -0.328. The molecule has 182 valence electrons. The van der Waals surface area contributed by atoms with Crippen LogP contribution in [-0.4, -0.2) is 62.4 Å². The van der Waals surface area contributed by atoms with Crippen LogP contribution in [0.4, 0.5) is 24.5 Å². The first-order valence-electron chi connectivity index (χ1n) is 9.76. The SMILES string of the molecule is O=C(NC[C@@H](NC(=O)C(F)F)C(=O)Nc1ccc(N2CCOCC2=O)c(F)c1)c1ccc(Cl)s1. The van der Waals surface area contributed by atoms with Gasteiger partial charge < -0.3 is 25.6 Å². The lowest BCUT2D eigenvalue weighted by Gasteiger charge is -2.27. The maximum absolute atomic E-state index is 14.6. The molecule has 14 heteroatoms. The summed E-state index contributed by atoms with van der Waals surface area (Å²) in [5.41, 5.74) is -0.0738. The molecule has 3 N–H and O–H groups in total. The largest absolute Gasteiger partial charge is 0.370 e. The highest BCUT2D eigenvalue weighted by Gasteiger charge is 2.27. The van der Waals surface area contributed by atoms with E-state index in [1.54, 1.807) is 0 Å². The van der Waals surface area contributed by atoms with Crippen LogP contribution in [0, 0.1) is 5.82 Å². The summed E-state index contributed by atoms with van der Waals surface area (Å²) in [4.78, 5) is 49.6. The van der Waals surface area contributed by atoms with E-state index >= 15 is 0 Å². The number of nitrogens with one attached hydrogen (secondary N) is 3. The molecule has 0 spiro atoms. The first-order valence-corrected chi connectivity index (χ1v) is 11.0. The Labute approximate surface area is 200 Å². The Morgan fingerprint density at radius 3 is 2.56 bits per heavy atom. The smallest absolute Gasteiger partial charge is 0.315 e. The molecule has 0 bridgehead atoms. The Kier molecular flexibility index (Phi) is 8.47. The van der Waals surface area contributed by atoms with Crippen molar-refractivity contribution in [1.29, 1.82) is 0 Å². The van der Waals surface area contributed by atoms with Crippen LogP contribution in [0.2, 0.25) is 4.34 Å². The molecule has 0 saturated carbocycles. The molecule has 3 rings (SSSR count). The fraction of sp³-hybridized carbons (Fsp3) is 0.300. The maximum atomic E-state index is 14.6. The summed E-state index contributed by atoms with van der Waals surface area (Å²) in [5, 5.41) is 6.49. The first kappa shape index (κ1) is 25.5. The van der Waals surface area contributed by atoms with Crippen molar-refractivity contribution in [2.45, 2.75) is 12.5 Å². The second kappa shape index (κ2) is 11.3. The number of ether oxygens (including phenoxy) is 1. The minimum atomic E-state index is -3.40. The van der Waals surface area contributed by atoms with Crippen molar-refractivity contribution in [2.24, 2.45) is 0 Å². The molecule has 2 aromatic rings. The quantitative estimate of drug-likeness (QED) is 0.494. The molecule has 1 atom stereocenters. The monoisotopic (exact) mass is 518 g/mol. The number of nitrogens with zero attached hydrogens (tertiary/aromatic N) is 1. The zero-order valence-electron chi connectivity index (χ0n) is 17.3. The van der Waals surface area contributed by atoms with Gasteiger partial charge in [-0.3, -0.25) is 19.2 Å². The predicted molar refractivity (Wildman–Crippen MR) is 118 cm³/mol. The molecule has 34 heavy (non-hydrogen) atoms. The number of hydrogen-bond acceptors (Lipinski definition) is 6. The fourth-order valence-electron chi connectivity index (χ4n) is 2.97.